The van der Waals surface area contributed by atoms with E-state index in [1.807, 2.05) is 0 Å². The third-order valence-corrected chi connectivity index (χ3v) is 2.24. The van der Waals surface area contributed by atoms with Crippen molar-refractivity contribution < 1.29 is 18.7 Å². The van der Waals surface area contributed by atoms with Gasteiger partial charge in [0.05, 0.1) is 19.0 Å². The standard InChI is InChI=1S/C12H15N3O4/c1-3-5-15-7-9(6-13-15)19-12-14-10(8-18-12)11(16)17-4-2/h6-8H,3-5H2,1-2H3. The number of carbonyl (C=O) groups is 1. The van der Waals surface area contributed by atoms with Crippen LogP contribution in [0.15, 0.2) is 23.1 Å². The highest BCUT2D eigenvalue weighted by Gasteiger charge is 2.14. The zero-order valence-corrected chi connectivity index (χ0v) is 10.8. The summed E-state index contributed by atoms with van der Waals surface area (Å²) in [5.74, 6) is -0.0338. The van der Waals surface area contributed by atoms with E-state index in [1.54, 1.807) is 24.0 Å². The van der Waals surface area contributed by atoms with Crippen molar-refractivity contribution >= 4 is 5.97 Å². The van der Waals surface area contributed by atoms with E-state index >= 15 is 0 Å². The Kier molecular flexibility index (Phi) is 4.17. The van der Waals surface area contributed by atoms with E-state index in [1.165, 1.54) is 6.26 Å². The molecule has 2 aromatic rings. The molecule has 2 rings (SSSR count). The Morgan fingerprint density at radius 1 is 1.47 bits per heavy atom. The highest BCUT2D eigenvalue weighted by molar-refractivity contribution is 5.86. The van der Waals surface area contributed by atoms with Crippen LogP contribution in [-0.2, 0) is 11.3 Å². The number of carbonyl (C=O) groups excluding carboxylic acids is 1. The van der Waals surface area contributed by atoms with E-state index in [4.69, 9.17) is 13.9 Å². The summed E-state index contributed by atoms with van der Waals surface area (Å²) in [6.07, 6.45) is 5.46. The van der Waals surface area contributed by atoms with E-state index < -0.39 is 5.97 Å². The minimum Gasteiger partial charge on any atom is -0.461 e. The summed E-state index contributed by atoms with van der Waals surface area (Å²) >= 11 is 0. The topological polar surface area (TPSA) is 79.4 Å². The Morgan fingerprint density at radius 2 is 2.32 bits per heavy atom. The summed E-state index contributed by atoms with van der Waals surface area (Å²) in [6.45, 7) is 4.87. The molecule has 7 heteroatoms. The highest BCUT2D eigenvalue weighted by Crippen LogP contribution is 2.20. The van der Waals surface area contributed by atoms with E-state index in [0.717, 1.165) is 13.0 Å². The SMILES string of the molecule is CCCn1cc(Oc2nc(C(=O)OCC)co2)cn1. The molecule has 0 saturated heterocycles. The highest BCUT2D eigenvalue weighted by atomic mass is 16.6. The van der Waals surface area contributed by atoms with E-state index in [2.05, 4.69) is 17.0 Å². The van der Waals surface area contributed by atoms with Crippen molar-refractivity contribution in [3.8, 4) is 11.8 Å². The number of aryl methyl sites for hydroxylation is 1. The lowest BCUT2D eigenvalue weighted by atomic mass is 10.5. The monoisotopic (exact) mass is 265 g/mol. The van der Waals surface area contributed by atoms with Crippen LogP contribution < -0.4 is 4.74 Å². The molecule has 0 N–H and O–H groups in total. The maximum absolute atomic E-state index is 11.4. The van der Waals surface area contributed by atoms with Gasteiger partial charge in [-0.05, 0) is 13.3 Å². The first-order valence-electron chi connectivity index (χ1n) is 6.06. The van der Waals surface area contributed by atoms with Gasteiger partial charge in [0, 0.05) is 6.54 Å². The van der Waals surface area contributed by atoms with Crippen LogP contribution >= 0.6 is 0 Å². The third-order valence-electron chi connectivity index (χ3n) is 2.24. The number of aromatic nitrogens is 3. The molecule has 0 bridgehead atoms. The number of nitrogens with zero attached hydrogens (tertiary/aromatic N) is 3. The molecule has 7 nitrogen and oxygen atoms in total. The molecular weight excluding hydrogens is 250 g/mol. The Bertz CT molecular complexity index is 547. The third kappa shape index (κ3) is 3.34. The van der Waals surface area contributed by atoms with Gasteiger partial charge in [-0.1, -0.05) is 6.92 Å². The smallest absolute Gasteiger partial charge is 0.400 e. The Hall–Kier alpha value is -2.31. The van der Waals surface area contributed by atoms with E-state index in [0.29, 0.717) is 5.75 Å². The van der Waals surface area contributed by atoms with Crippen LogP contribution in [0.5, 0.6) is 11.8 Å². The molecule has 0 amide bonds. The summed E-state index contributed by atoms with van der Waals surface area (Å²) < 4.78 is 16.9. The number of esters is 1. The van der Waals surface area contributed by atoms with Crippen LogP contribution in [0.4, 0.5) is 0 Å². The van der Waals surface area contributed by atoms with Gasteiger partial charge in [-0.25, -0.2) is 4.79 Å². The van der Waals surface area contributed by atoms with Gasteiger partial charge in [-0.3, -0.25) is 4.68 Å². The fraction of sp³-hybridized carbons (Fsp3) is 0.417. The zero-order chi connectivity index (χ0) is 13.7. The van der Waals surface area contributed by atoms with Gasteiger partial charge in [0.15, 0.2) is 11.4 Å². The van der Waals surface area contributed by atoms with E-state index in [9.17, 15) is 4.79 Å². The Morgan fingerprint density at radius 3 is 3.05 bits per heavy atom. The van der Waals surface area contributed by atoms with Crippen molar-refractivity contribution in [2.45, 2.75) is 26.8 Å². The fourth-order valence-corrected chi connectivity index (χ4v) is 1.45. The predicted molar refractivity (Wildman–Crippen MR) is 65.1 cm³/mol. The van der Waals surface area contributed by atoms with Crippen LogP contribution in [0.25, 0.3) is 0 Å². The first-order chi connectivity index (χ1) is 9.22. The first kappa shape index (κ1) is 13.1. The summed E-state index contributed by atoms with van der Waals surface area (Å²) in [4.78, 5) is 15.3. The maximum Gasteiger partial charge on any atom is 0.400 e. The van der Waals surface area contributed by atoms with Crippen molar-refractivity contribution in [2.24, 2.45) is 0 Å². The lowest BCUT2D eigenvalue weighted by Gasteiger charge is -1.96. The van der Waals surface area contributed by atoms with Gasteiger partial charge in [0.1, 0.15) is 6.26 Å². The Labute approximate surface area is 110 Å². The molecule has 0 fully saturated rings. The van der Waals surface area contributed by atoms with E-state index in [-0.39, 0.29) is 18.4 Å². The van der Waals surface area contributed by atoms with Gasteiger partial charge < -0.3 is 13.9 Å². The molecule has 0 saturated carbocycles. The molecule has 0 aliphatic heterocycles. The second-order valence-corrected chi connectivity index (χ2v) is 3.76. The molecule has 0 aliphatic rings. The van der Waals surface area contributed by atoms with Crippen molar-refractivity contribution in [1.82, 2.24) is 14.8 Å². The molecule has 0 unspecified atom stereocenters. The van der Waals surface area contributed by atoms with Gasteiger partial charge >= 0.3 is 12.0 Å². The average Bonchev–Trinajstić information content (AvgIpc) is 3.00. The number of oxazole rings is 1. The van der Waals surface area contributed by atoms with Crippen LogP contribution in [0, 0.1) is 0 Å². The lowest BCUT2D eigenvalue weighted by molar-refractivity contribution is 0.0519. The summed E-state index contributed by atoms with van der Waals surface area (Å²) in [5.41, 5.74) is 0.0813. The number of hydrogen-bond acceptors (Lipinski definition) is 6. The van der Waals surface area contributed by atoms with Gasteiger partial charge in [-0.2, -0.15) is 10.1 Å². The van der Waals surface area contributed by atoms with Gasteiger partial charge in [0.25, 0.3) is 0 Å². The number of rotatable bonds is 6. The molecule has 2 aromatic heterocycles. The zero-order valence-electron chi connectivity index (χ0n) is 10.8. The van der Waals surface area contributed by atoms with Crippen LogP contribution in [0.2, 0.25) is 0 Å². The summed E-state index contributed by atoms with van der Waals surface area (Å²) in [5, 5.41) is 4.10. The molecule has 0 radical (unpaired) electrons. The van der Waals surface area contributed by atoms with Crippen molar-refractivity contribution in [3.05, 3.63) is 24.4 Å². The second kappa shape index (κ2) is 6.03. The quantitative estimate of drug-likeness (QED) is 0.745. The van der Waals surface area contributed by atoms with Crippen molar-refractivity contribution in [2.75, 3.05) is 6.61 Å². The maximum atomic E-state index is 11.4. The minimum atomic E-state index is -0.539. The molecule has 0 atom stereocenters. The largest absolute Gasteiger partial charge is 0.461 e. The molecule has 2 heterocycles. The van der Waals surface area contributed by atoms with Crippen molar-refractivity contribution in [1.29, 1.82) is 0 Å². The molecular formula is C12H15N3O4. The van der Waals surface area contributed by atoms with Gasteiger partial charge in [0.2, 0.25) is 0 Å². The first-order valence-corrected chi connectivity index (χ1v) is 6.06. The normalized spacial score (nSPS) is 10.4. The van der Waals surface area contributed by atoms with Crippen LogP contribution in [-0.4, -0.2) is 27.3 Å². The Balaban J connectivity index is 2.00. The molecule has 102 valence electrons. The summed E-state index contributed by atoms with van der Waals surface area (Å²) in [6, 6.07) is 0. The number of hydrogen-bond donors (Lipinski definition) is 0. The van der Waals surface area contributed by atoms with Crippen LogP contribution in [0.3, 0.4) is 0 Å². The lowest BCUT2D eigenvalue weighted by Crippen LogP contribution is -2.04. The summed E-state index contributed by atoms with van der Waals surface area (Å²) in [7, 11) is 0. The second-order valence-electron chi connectivity index (χ2n) is 3.76. The van der Waals surface area contributed by atoms with Crippen molar-refractivity contribution in [3.63, 3.8) is 0 Å². The van der Waals surface area contributed by atoms with Crippen LogP contribution in [0.1, 0.15) is 30.8 Å². The average molecular weight is 265 g/mol. The molecule has 0 aromatic carbocycles. The molecule has 19 heavy (non-hydrogen) atoms. The predicted octanol–water partition coefficient (Wildman–Crippen LogP) is 2.25. The molecule has 0 spiro atoms. The number of ether oxygens (including phenoxy) is 2. The fourth-order valence-electron chi connectivity index (χ4n) is 1.45. The minimum absolute atomic E-state index is 0.0147. The molecule has 0 aliphatic carbocycles. The van der Waals surface area contributed by atoms with Gasteiger partial charge in [-0.15, -0.1) is 0 Å².